The van der Waals surface area contributed by atoms with Crippen LogP contribution in [0.1, 0.15) is 65.3 Å². The van der Waals surface area contributed by atoms with Crippen molar-refractivity contribution in [3.05, 3.63) is 113 Å². The molecule has 3 aromatic carbocycles. The summed E-state index contributed by atoms with van der Waals surface area (Å²) in [5, 5.41) is 45.7. The predicted octanol–water partition coefficient (Wildman–Crippen LogP) is 6.31. The second-order valence-electron chi connectivity index (χ2n) is 10.1. The molecule has 0 amide bonds. The lowest BCUT2D eigenvalue weighted by atomic mass is 10.00. The Bertz CT molecular complexity index is 1870. The highest BCUT2D eigenvalue weighted by molar-refractivity contribution is 5.99. The average Bonchev–Trinajstić information content (AvgIpc) is 3.76. The fourth-order valence-corrected chi connectivity index (χ4v) is 5.00. The molecule has 0 saturated heterocycles. The number of benzene rings is 3. The van der Waals surface area contributed by atoms with Crippen molar-refractivity contribution in [1.82, 2.24) is 20.0 Å². The summed E-state index contributed by atoms with van der Waals surface area (Å²) in [4.78, 5) is 4.44. The van der Waals surface area contributed by atoms with E-state index in [1.165, 1.54) is 18.3 Å². The van der Waals surface area contributed by atoms with Crippen LogP contribution in [0.4, 0.5) is 15.8 Å². The Kier molecular flexibility index (Phi) is 7.15. The SMILES string of the molecule is N#CC[C@@H](Nc1c(C#N)cnc2c(C#N)cc(NC(c3ccc(F)cc3)c3cn(C4CC4)nn3)cc12)c1ccccc1. The molecule has 0 radical (unpaired) electrons. The van der Waals surface area contributed by atoms with Gasteiger partial charge in [0.15, 0.2) is 0 Å². The summed E-state index contributed by atoms with van der Waals surface area (Å²) in [6.45, 7) is 0. The maximum absolute atomic E-state index is 13.8. The van der Waals surface area contributed by atoms with Crippen molar-refractivity contribution < 1.29 is 4.39 Å². The van der Waals surface area contributed by atoms with Gasteiger partial charge >= 0.3 is 0 Å². The second kappa shape index (κ2) is 11.4. The zero-order valence-electron chi connectivity index (χ0n) is 22.4. The van der Waals surface area contributed by atoms with Crippen LogP contribution in [-0.4, -0.2) is 20.0 Å². The van der Waals surface area contributed by atoms with Crippen molar-refractivity contribution in [2.24, 2.45) is 0 Å². The molecular formula is C32H24FN9. The Balaban J connectivity index is 1.46. The Morgan fingerprint density at radius 1 is 0.929 bits per heavy atom. The van der Waals surface area contributed by atoms with Gasteiger partial charge in [0.25, 0.3) is 0 Å². The molecule has 0 bridgehead atoms. The second-order valence-corrected chi connectivity index (χ2v) is 10.1. The van der Waals surface area contributed by atoms with E-state index >= 15 is 0 Å². The molecule has 42 heavy (non-hydrogen) atoms. The van der Waals surface area contributed by atoms with Crippen LogP contribution >= 0.6 is 0 Å². The number of halogens is 1. The van der Waals surface area contributed by atoms with Crippen LogP contribution in [0.15, 0.2) is 79.1 Å². The lowest BCUT2D eigenvalue weighted by molar-refractivity contribution is 0.610. The Morgan fingerprint density at radius 2 is 1.69 bits per heavy atom. The van der Waals surface area contributed by atoms with E-state index in [-0.39, 0.29) is 17.8 Å². The molecule has 0 spiro atoms. The summed E-state index contributed by atoms with van der Waals surface area (Å²) in [5.41, 5.74) is 4.36. The number of rotatable bonds is 9. The van der Waals surface area contributed by atoms with Crippen molar-refractivity contribution in [2.75, 3.05) is 10.6 Å². The minimum Gasteiger partial charge on any atom is -0.376 e. The average molecular weight is 554 g/mol. The van der Waals surface area contributed by atoms with Gasteiger partial charge in [0.1, 0.15) is 23.6 Å². The van der Waals surface area contributed by atoms with Gasteiger partial charge in [0.2, 0.25) is 0 Å². The topological polar surface area (TPSA) is 139 Å². The van der Waals surface area contributed by atoms with Crippen LogP contribution in [0.3, 0.4) is 0 Å². The highest BCUT2D eigenvalue weighted by Gasteiger charge is 2.27. The molecule has 2 aromatic heterocycles. The molecular weight excluding hydrogens is 529 g/mol. The number of nitrogens with one attached hydrogen (secondary N) is 2. The van der Waals surface area contributed by atoms with E-state index in [1.54, 1.807) is 18.2 Å². The summed E-state index contributed by atoms with van der Waals surface area (Å²) in [6, 6.07) is 25.2. The Morgan fingerprint density at radius 3 is 2.38 bits per heavy atom. The minimum absolute atomic E-state index is 0.158. The predicted molar refractivity (Wildman–Crippen MR) is 154 cm³/mol. The van der Waals surface area contributed by atoms with Gasteiger partial charge in [0.05, 0.1) is 59.1 Å². The van der Waals surface area contributed by atoms with Crippen LogP contribution < -0.4 is 10.6 Å². The van der Waals surface area contributed by atoms with Gasteiger partial charge in [-0.05, 0) is 48.2 Å². The zero-order chi connectivity index (χ0) is 29.1. The van der Waals surface area contributed by atoms with Gasteiger partial charge in [-0.15, -0.1) is 5.10 Å². The highest BCUT2D eigenvalue weighted by atomic mass is 19.1. The number of nitrogens with zero attached hydrogens (tertiary/aromatic N) is 7. The van der Waals surface area contributed by atoms with E-state index in [0.717, 1.165) is 24.0 Å². The van der Waals surface area contributed by atoms with E-state index in [9.17, 15) is 20.2 Å². The standard InChI is InChI=1S/C32H24FN9/c33-24-8-6-21(7-9-24)32(29-19-42(41-40-29)26-10-11-26)38-25-14-22(16-35)30-27(15-25)31(23(17-36)18-37-30)39-28(12-13-34)20-4-2-1-3-5-20/h1-9,14-15,18-19,26,28,32,38H,10-12H2,(H,37,39)/t28-,32?/m1/s1. The molecule has 2 N–H and O–H groups in total. The van der Waals surface area contributed by atoms with Crippen LogP contribution in [0.5, 0.6) is 0 Å². The number of anilines is 2. The summed E-state index contributed by atoms with van der Waals surface area (Å²) < 4.78 is 15.7. The Hall–Kier alpha value is -5.79. The van der Waals surface area contributed by atoms with Gasteiger partial charge in [-0.2, -0.15) is 15.8 Å². The van der Waals surface area contributed by atoms with Crippen molar-refractivity contribution in [2.45, 2.75) is 37.4 Å². The number of hydrogen-bond acceptors (Lipinski definition) is 8. The van der Waals surface area contributed by atoms with E-state index in [0.29, 0.717) is 39.6 Å². The molecule has 9 nitrogen and oxygen atoms in total. The van der Waals surface area contributed by atoms with Crippen molar-refractivity contribution in [1.29, 1.82) is 15.8 Å². The molecule has 1 unspecified atom stereocenters. The fraction of sp³-hybridized carbons (Fsp3) is 0.188. The van der Waals surface area contributed by atoms with E-state index in [4.69, 9.17) is 0 Å². The van der Waals surface area contributed by atoms with Crippen LogP contribution in [0, 0.1) is 39.8 Å². The van der Waals surface area contributed by atoms with Gasteiger partial charge in [-0.3, -0.25) is 4.98 Å². The number of nitriles is 3. The maximum atomic E-state index is 13.8. The van der Waals surface area contributed by atoms with Crippen LogP contribution in [0.25, 0.3) is 10.9 Å². The molecule has 204 valence electrons. The molecule has 1 fully saturated rings. The van der Waals surface area contributed by atoms with Gasteiger partial charge in [0, 0.05) is 17.3 Å². The monoisotopic (exact) mass is 553 g/mol. The summed E-state index contributed by atoms with van der Waals surface area (Å²) in [7, 11) is 0. The van der Waals surface area contributed by atoms with E-state index in [1.807, 2.05) is 47.3 Å². The molecule has 10 heteroatoms. The summed E-state index contributed by atoms with van der Waals surface area (Å²) >= 11 is 0. The first-order valence-corrected chi connectivity index (χ1v) is 13.5. The van der Waals surface area contributed by atoms with Gasteiger partial charge in [-0.1, -0.05) is 47.7 Å². The molecule has 0 aliphatic heterocycles. The third-order valence-corrected chi connectivity index (χ3v) is 7.29. The molecule has 5 aromatic rings. The fourth-order valence-electron chi connectivity index (χ4n) is 5.00. The number of aromatic nitrogens is 4. The molecule has 1 saturated carbocycles. The quantitative estimate of drug-likeness (QED) is 0.216. The highest BCUT2D eigenvalue weighted by Crippen LogP contribution is 2.37. The van der Waals surface area contributed by atoms with Crippen LogP contribution in [0.2, 0.25) is 0 Å². The molecule has 1 aliphatic rings. The largest absolute Gasteiger partial charge is 0.376 e. The number of hydrogen-bond donors (Lipinski definition) is 2. The number of fused-ring (bicyclic) bond motifs is 1. The normalized spacial score (nSPS) is 13.9. The lowest BCUT2D eigenvalue weighted by Gasteiger charge is -2.22. The van der Waals surface area contributed by atoms with E-state index < -0.39 is 12.1 Å². The van der Waals surface area contributed by atoms with Crippen molar-refractivity contribution in [3.8, 4) is 18.2 Å². The first-order chi connectivity index (χ1) is 20.6. The number of pyridine rings is 1. The third kappa shape index (κ3) is 5.32. The minimum atomic E-state index is -0.499. The molecule has 1 aliphatic carbocycles. The third-order valence-electron chi connectivity index (χ3n) is 7.29. The smallest absolute Gasteiger partial charge is 0.123 e. The Labute approximate surface area is 241 Å². The lowest BCUT2D eigenvalue weighted by Crippen LogP contribution is -2.14. The zero-order valence-corrected chi connectivity index (χ0v) is 22.4. The van der Waals surface area contributed by atoms with Gasteiger partial charge < -0.3 is 10.6 Å². The first-order valence-electron chi connectivity index (χ1n) is 13.5. The van der Waals surface area contributed by atoms with Crippen molar-refractivity contribution >= 4 is 22.3 Å². The van der Waals surface area contributed by atoms with Crippen LogP contribution in [-0.2, 0) is 0 Å². The van der Waals surface area contributed by atoms with Gasteiger partial charge in [-0.25, -0.2) is 9.07 Å². The molecule has 2 heterocycles. The summed E-state index contributed by atoms with van der Waals surface area (Å²) in [6.07, 6.45) is 5.58. The molecule has 2 atom stereocenters. The maximum Gasteiger partial charge on any atom is 0.123 e. The molecule has 6 rings (SSSR count). The first kappa shape index (κ1) is 26.4. The van der Waals surface area contributed by atoms with E-state index in [2.05, 4.69) is 44.1 Å². The van der Waals surface area contributed by atoms with Crippen molar-refractivity contribution in [3.63, 3.8) is 0 Å². The summed E-state index contributed by atoms with van der Waals surface area (Å²) in [5.74, 6) is -0.354.